The van der Waals surface area contributed by atoms with Gasteiger partial charge in [0.2, 0.25) is 0 Å². The first-order valence-electron chi connectivity index (χ1n) is 13.6. The summed E-state index contributed by atoms with van der Waals surface area (Å²) in [6, 6.07) is 20.1. The van der Waals surface area contributed by atoms with Crippen molar-refractivity contribution >= 4 is 67.0 Å². The highest BCUT2D eigenvalue weighted by atomic mass is 79.9. The minimum absolute atomic E-state index is 0.490. The van der Waals surface area contributed by atoms with Crippen molar-refractivity contribution < 1.29 is 0 Å². The van der Waals surface area contributed by atoms with Crippen LogP contribution >= 0.6 is 55.7 Å². The number of nitriles is 2. The summed E-state index contributed by atoms with van der Waals surface area (Å²) in [7, 11) is 0. The van der Waals surface area contributed by atoms with Gasteiger partial charge in [-0.05, 0) is 123 Å². The van der Waals surface area contributed by atoms with Gasteiger partial charge < -0.3 is 4.98 Å². The minimum Gasteiger partial charge on any atom is -0.345 e. The van der Waals surface area contributed by atoms with E-state index in [9.17, 15) is 10.5 Å². The van der Waals surface area contributed by atoms with Crippen LogP contribution in [0.3, 0.4) is 0 Å². The van der Waals surface area contributed by atoms with Gasteiger partial charge in [0, 0.05) is 31.5 Å². The van der Waals surface area contributed by atoms with E-state index >= 15 is 0 Å². The number of H-pyrrole nitrogens is 1. The molecule has 0 spiro atoms. The van der Waals surface area contributed by atoms with Crippen LogP contribution < -0.4 is 0 Å². The molecule has 0 fully saturated rings. The Balaban J connectivity index is 0.000000175. The average molecular weight is 747 g/mol. The lowest BCUT2D eigenvalue weighted by Gasteiger charge is -2.10. The van der Waals surface area contributed by atoms with E-state index in [0.29, 0.717) is 21.2 Å². The van der Waals surface area contributed by atoms with Gasteiger partial charge >= 0.3 is 0 Å². The lowest BCUT2D eigenvalue weighted by molar-refractivity contribution is 1.06. The fraction of sp³-hybridized carbons (Fsp3) is 0.176. The SMILES string of the molecule is Cc1cc(=S)n2c(C#N)cc(-c3c(C)cc(Br)cc3C)c2[nH]1.Cc1cc(Cl)n2c(C#N)cc(-c3c(C)cc(Br)cc3C)c2n1. The number of aromatic amines is 1. The fourth-order valence-electron chi connectivity index (χ4n) is 5.81. The molecule has 0 aliphatic rings. The normalized spacial score (nSPS) is 10.9. The summed E-state index contributed by atoms with van der Waals surface area (Å²) in [5.41, 5.74) is 13.2. The van der Waals surface area contributed by atoms with Crippen LogP contribution in [0.1, 0.15) is 45.0 Å². The molecule has 0 unspecified atom stereocenters. The van der Waals surface area contributed by atoms with Crippen LogP contribution in [-0.4, -0.2) is 18.8 Å². The number of nitrogens with one attached hydrogen (secondary N) is 1. The van der Waals surface area contributed by atoms with Crippen LogP contribution in [-0.2, 0) is 0 Å². The van der Waals surface area contributed by atoms with Crippen molar-refractivity contribution in [2.45, 2.75) is 41.5 Å². The fourth-order valence-corrected chi connectivity index (χ4v) is 7.88. The molecule has 0 saturated carbocycles. The second-order valence-corrected chi connectivity index (χ2v) is 13.4. The predicted octanol–water partition coefficient (Wildman–Crippen LogP) is 10.4. The van der Waals surface area contributed by atoms with Crippen molar-refractivity contribution in [3.63, 3.8) is 0 Å². The average Bonchev–Trinajstić information content (AvgIpc) is 3.46. The van der Waals surface area contributed by atoms with Crippen molar-refractivity contribution in [1.82, 2.24) is 18.8 Å². The first-order valence-corrected chi connectivity index (χ1v) is 16.0. The zero-order valence-electron chi connectivity index (χ0n) is 24.9. The molecule has 6 rings (SSSR count). The van der Waals surface area contributed by atoms with Crippen molar-refractivity contribution in [2.24, 2.45) is 0 Å². The number of aromatic nitrogens is 4. The number of fused-ring (bicyclic) bond motifs is 2. The molecule has 0 atom stereocenters. The summed E-state index contributed by atoms with van der Waals surface area (Å²) in [4.78, 5) is 7.96. The Morgan fingerprint density at radius 1 is 0.727 bits per heavy atom. The molecule has 10 heteroatoms. The van der Waals surface area contributed by atoms with Crippen LogP contribution in [0.2, 0.25) is 5.15 Å². The largest absolute Gasteiger partial charge is 0.345 e. The zero-order chi connectivity index (χ0) is 32.0. The first-order chi connectivity index (χ1) is 20.8. The smallest absolute Gasteiger partial charge is 0.147 e. The Labute approximate surface area is 282 Å². The summed E-state index contributed by atoms with van der Waals surface area (Å²) in [6.45, 7) is 12.1. The third-order valence-electron chi connectivity index (χ3n) is 7.44. The summed E-state index contributed by atoms with van der Waals surface area (Å²) >= 11 is 18.8. The van der Waals surface area contributed by atoms with Gasteiger partial charge in [0.05, 0.1) is 0 Å². The van der Waals surface area contributed by atoms with Crippen LogP contribution in [0.15, 0.2) is 57.5 Å². The molecular formula is C34H27Br2ClN6S. The van der Waals surface area contributed by atoms with Gasteiger partial charge in [0.15, 0.2) is 0 Å². The number of aryl methyl sites for hydroxylation is 6. The zero-order valence-corrected chi connectivity index (χ0v) is 29.6. The van der Waals surface area contributed by atoms with Gasteiger partial charge in [0.25, 0.3) is 0 Å². The molecule has 0 aliphatic heterocycles. The Kier molecular flexibility index (Phi) is 8.89. The van der Waals surface area contributed by atoms with Crippen molar-refractivity contribution in [2.75, 3.05) is 0 Å². The lowest BCUT2D eigenvalue weighted by atomic mass is 9.97. The third-order valence-corrected chi connectivity index (χ3v) is 8.93. The quantitative estimate of drug-likeness (QED) is 0.141. The molecule has 0 amide bonds. The summed E-state index contributed by atoms with van der Waals surface area (Å²) in [5.74, 6) is 0. The van der Waals surface area contributed by atoms with E-state index in [2.05, 4.69) is 106 Å². The highest BCUT2D eigenvalue weighted by Gasteiger charge is 2.19. The molecule has 6 nitrogen and oxygen atoms in total. The molecule has 0 saturated heterocycles. The molecule has 0 bridgehead atoms. The number of nitrogens with zero attached hydrogens (tertiary/aromatic N) is 5. The minimum atomic E-state index is 0.490. The van der Waals surface area contributed by atoms with E-state index in [4.69, 9.17) is 23.8 Å². The first kappa shape index (κ1) is 31.7. The molecule has 4 aromatic heterocycles. The molecular weight excluding hydrogens is 720 g/mol. The number of halogens is 3. The molecule has 44 heavy (non-hydrogen) atoms. The second kappa shape index (κ2) is 12.3. The monoisotopic (exact) mass is 744 g/mol. The third kappa shape index (κ3) is 5.74. The summed E-state index contributed by atoms with van der Waals surface area (Å²) in [6.07, 6.45) is 0. The van der Waals surface area contributed by atoms with Crippen LogP contribution in [0.4, 0.5) is 0 Å². The Hall–Kier alpha value is -3.73. The molecule has 6 aromatic rings. The van der Waals surface area contributed by atoms with Gasteiger partial charge in [-0.25, -0.2) is 4.98 Å². The maximum atomic E-state index is 9.43. The second-order valence-electron chi connectivity index (χ2n) is 10.8. The molecule has 0 aliphatic carbocycles. The standard InChI is InChI=1S/C17H13BrClN3.C17H14BrN3S/c1-9-4-12(18)5-10(2)16(9)14-7-13(8-20)22-15(19)6-11(3)21-17(14)22;1-9-4-12(18)5-10(2)16(9)14-7-13(8-19)21-15(22)6-11(3)20-17(14)21/h4-7H,1-3H3;4-7,20H,1-3H3. The van der Waals surface area contributed by atoms with Crippen molar-refractivity contribution in [1.29, 1.82) is 10.5 Å². The van der Waals surface area contributed by atoms with E-state index < -0.39 is 0 Å². The lowest BCUT2D eigenvalue weighted by Crippen LogP contribution is -1.96. The van der Waals surface area contributed by atoms with E-state index in [1.54, 1.807) is 14.9 Å². The van der Waals surface area contributed by atoms with Crippen LogP contribution in [0.5, 0.6) is 0 Å². The van der Waals surface area contributed by atoms with Crippen LogP contribution in [0, 0.1) is 68.8 Å². The van der Waals surface area contributed by atoms with Gasteiger partial charge in [-0.15, -0.1) is 0 Å². The number of hydrogen-bond acceptors (Lipinski definition) is 4. The van der Waals surface area contributed by atoms with Crippen molar-refractivity contribution in [3.05, 3.63) is 112 Å². The Morgan fingerprint density at radius 2 is 1.20 bits per heavy atom. The topological polar surface area (TPSA) is 85.1 Å². The number of benzene rings is 2. The van der Waals surface area contributed by atoms with E-state index in [-0.39, 0.29) is 0 Å². The van der Waals surface area contributed by atoms with E-state index in [0.717, 1.165) is 76.1 Å². The van der Waals surface area contributed by atoms with Gasteiger partial charge in [-0.3, -0.25) is 8.80 Å². The molecule has 1 N–H and O–H groups in total. The summed E-state index contributed by atoms with van der Waals surface area (Å²) in [5, 5.41) is 19.3. The molecule has 4 heterocycles. The molecule has 2 aromatic carbocycles. The maximum absolute atomic E-state index is 9.43. The molecule has 0 radical (unpaired) electrons. The Bertz CT molecular complexity index is 2230. The van der Waals surface area contributed by atoms with E-state index in [1.807, 2.05) is 32.0 Å². The van der Waals surface area contributed by atoms with Gasteiger partial charge in [-0.2, -0.15) is 10.5 Å². The maximum Gasteiger partial charge on any atom is 0.147 e. The number of hydrogen-bond donors (Lipinski definition) is 1. The van der Waals surface area contributed by atoms with Gasteiger partial charge in [0.1, 0.15) is 44.6 Å². The number of rotatable bonds is 2. The van der Waals surface area contributed by atoms with Crippen molar-refractivity contribution in [3.8, 4) is 34.4 Å². The van der Waals surface area contributed by atoms with E-state index in [1.165, 1.54) is 0 Å². The van der Waals surface area contributed by atoms with Crippen LogP contribution in [0.25, 0.3) is 33.5 Å². The summed E-state index contributed by atoms with van der Waals surface area (Å²) < 4.78 is 6.24. The molecule has 220 valence electrons. The predicted molar refractivity (Wildman–Crippen MR) is 187 cm³/mol. The highest BCUT2D eigenvalue weighted by Crippen LogP contribution is 2.36. The Morgan fingerprint density at radius 3 is 1.73 bits per heavy atom. The van der Waals surface area contributed by atoms with Gasteiger partial charge in [-0.1, -0.05) is 55.7 Å². The highest BCUT2D eigenvalue weighted by molar-refractivity contribution is 9.10.